The van der Waals surface area contributed by atoms with Crippen molar-refractivity contribution < 1.29 is 4.79 Å². The highest BCUT2D eigenvalue weighted by Crippen LogP contribution is 2.24. The van der Waals surface area contributed by atoms with Gasteiger partial charge in [-0.1, -0.05) is 37.1 Å². The summed E-state index contributed by atoms with van der Waals surface area (Å²) >= 11 is 5.87. The molecular weight excluding hydrogens is 236 g/mol. The number of nitrogens with zero attached hydrogens (tertiary/aromatic N) is 1. The average Bonchev–Trinajstić information content (AvgIpc) is 2.69. The van der Waals surface area contributed by atoms with Crippen molar-refractivity contribution in [2.24, 2.45) is 0 Å². The van der Waals surface area contributed by atoms with Gasteiger partial charge in [-0.2, -0.15) is 0 Å². The molecule has 1 saturated heterocycles. The molecule has 1 heterocycles. The zero-order chi connectivity index (χ0) is 12.3. The predicted octanol–water partition coefficient (Wildman–Crippen LogP) is 2.57. The molecule has 1 aromatic carbocycles. The van der Waals surface area contributed by atoms with Gasteiger partial charge in [0.05, 0.1) is 6.54 Å². The summed E-state index contributed by atoms with van der Waals surface area (Å²) in [5.74, 6) is 0.179. The van der Waals surface area contributed by atoms with E-state index in [9.17, 15) is 4.79 Å². The Hall–Kier alpha value is -1.06. The van der Waals surface area contributed by atoms with E-state index in [-0.39, 0.29) is 12.1 Å². The summed E-state index contributed by atoms with van der Waals surface area (Å²) in [6, 6.07) is 7.66. The SMILES string of the molecule is CCCCN1C(=O)CNC1c1ccc(Cl)cc1. The highest BCUT2D eigenvalue weighted by atomic mass is 35.5. The Morgan fingerprint density at radius 3 is 2.76 bits per heavy atom. The van der Waals surface area contributed by atoms with Crippen LogP contribution >= 0.6 is 11.6 Å². The fourth-order valence-electron chi connectivity index (χ4n) is 2.06. The molecule has 1 atom stereocenters. The molecule has 0 radical (unpaired) electrons. The lowest BCUT2D eigenvalue weighted by molar-refractivity contribution is -0.128. The lowest BCUT2D eigenvalue weighted by atomic mass is 10.1. The normalized spacial score (nSPS) is 20.0. The maximum Gasteiger partial charge on any atom is 0.238 e. The first-order chi connectivity index (χ1) is 8.22. The molecule has 1 unspecified atom stereocenters. The summed E-state index contributed by atoms with van der Waals surface area (Å²) < 4.78 is 0. The third kappa shape index (κ3) is 2.79. The lowest BCUT2D eigenvalue weighted by Crippen LogP contribution is -2.31. The molecule has 0 aromatic heterocycles. The average molecular weight is 253 g/mol. The van der Waals surface area contributed by atoms with E-state index in [1.54, 1.807) is 0 Å². The standard InChI is InChI=1S/C13H17ClN2O/c1-2-3-8-16-12(17)9-15-13(16)10-4-6-11(14)7-5-10/h4-7,13,15H,2-3,8-9H2,1H3. The van der Waals surface area contributed by atoms with E-state index in [0.29, 0.717) is 6.54 Å². The number of hydrogen-bond acceptors (Lipinski definition) is 2. The van der Waals surface area contributed by atoms with Crippen molar-refractivity contribution in [1.29, 1.82) is 0 Å². The Morgan fingerprint density at radius 2 is 2.12 bits per heavy atom. The van der Waals surface area contributed by atoms with E-state index >= 15 is 0 Å². The van der Waals surface area contributed by atoms with Gasteiger partial charge >= 0.3 is 0 Å². The van der Waals surface area contributed by atoms with Crippen LogP contribution in [0.15, 0.2) is 24.3 Å². The molecule has 3 nitrogen and oxygen atoms in total. The van der Waals surface area contributed by atoms with Crippen LogP contribution < -0.4 is 5.32 Å². The molecule has 1 aliphatic heterocycles. The third-order valence-electron chi connectivity index (χ3n) is 3.02. The first-order valence-electron chi connectivity index (χ1n) is 6.00. The second kappa shape index (κ2) is 5.52. The van der Waals surface area contributed by atoms with Gasteiger partial charge in [0.15, 0.2) is 0 Å². The van der Waals surface area contributed by atoms with Crippen molar-refractivity contribution in [2.75, 3.05) is 13.1 Å². The monoisotopic (exact) mass is 252 g/mol. The van der Waals surface area contributed by atoms with Gasteiger partial charge in [-0.3, -0.25) is 10.1 Å². The van der Waals surface area contributed by atoms with Gasteiger partial charge in [0.25, 0.3) is 0 Å². The van der Waals surface area contributed by atoms with Crippen molar-refractivity contribution in [3.05, 3.63) is 34.9 Å². The number of benzene rings is 1. The van der Waals surface area contributed by atoms with Gasteiger partial charge in [-0.25, -0.2) is 0 Å². The number of hydrogen-bond donors (Lipinski definition) is 1. The van der Waals surface area contributed by atoms with E-state index in [2.05, 4.69) is 12.2 Å². The molecule has 1 amide bonds. The smallest absolute Gasteiger partial charge is 0.238 e. The number of amides is 1. The molecule has 92 valence electrons. The Kier molecular flexibility index (Phi) is 4.02. The van der Waals surface area contributed by atoms with Gasteiger partial charge in [0, 0.05) is 11.6 Å². The van der Waals surface area contributed by atoms with Crippen molar-refractivity contribution in [1.82, 2.24) is 10.2 Å². The Labute approximate surface area is 107 Å². The first kappa shape index (κ1) is 12.4. The van der Waals surface area contributed by atoms with Crippen molar-refractivity contribution in [3.63, 3.8) is 0 Å². The number of halogens is 1. The van der Waals surface area contributed by atoms with Crippen LogP contribution in [0.5, 0.6) is 0 Å². The first-order valence-corrected chi connectivity index (χ1v) is 6.38. The maximum absolute atomic E-state index is 11.8. The third-order valence-corrected chi connectivity index (χ3v) is 3.27. The van der Waals surface area contributed by atoms with Gasteiger partial charge in [-0.05, 0) is 24.1 Å². The minimum atomic E-state index is 0.00585. The molecule has 17 heavy (non-hydrogen) atoms. The van der Waals surface area contributed by atoms with E-state index < -0.39 is 0 Å². The lowest BCUT2D eigenvalue weighted by Gasteiger charge is -2.24. The van der Waals surface area contributed by atoms with Crippen LogP contribution in [0, 0.1) is 0 Å². The molecule has 0 bridgehead atoms. The van der Waals surface area contributed by atoms with Crippen LogP contribution in [-0.4, -0.2) is 23.9 Å². The predicted molar refractivity (Wildman–Crippen MR) is 68.8 cm³/mol. The van der Waals surface area contributed by atoms with Gasteiger partial charge in [0.1, 0.15) is 6.17 Å². The van der Waals surface area contributed by atoms with Gasteiger partial charge < -0.3 is 4.90 Å². The van der Waals surface area contributed by atoms with Gasteiger partial charge in [-0.15, -0.1) is 0 Å². The Bertz CT molecular complexity index is 391. The molecule has 0 aliphatic carbocycles. The number of carbonyl (C=O) groups excluding carboxylic acids is 1. The van der Waals surface area contributed by atoms with Crippen molar-refractivity contribution in [3.8, 4) is 0 Å². The second-order valence-corrected chi connectivity index (χ2v) is 4.71. The highest BCUT2D eigenvalue weighted by Gasteiger charge is 2.30. The summed E-state index contributed by atoms with van der Waals surface area (Å²) in [5.41, 5.74) is 1.09. The van der Waals surface area contributed by atoms with Gasteiger partial charge in [0.2, 0.25) is 5.91 Å². The number of unbranched alkanes of at least 4 members (excludes halogenated alkanes) is 1. The Morgan fingerprint density at radius 1 is 1.41 bits per heavy atom. The fraction of sp³-hybridized carbons (Fsp3) is 0.462. The van der Waals surface area contributed by atoms with Crippen LogP contribution in [0.4, 0.5) is 0 Å². The van der Waals surface area contributed by atoms with Crippen molar-refractivity contribution in [2.45, 2.75) is 25.9 Å². The molecule has 1 aromatic rings. The molecule has 1 aliphatic rings. The molecule has 2 rings (SSSR count). The van der Waals surface area contributed by atoms with E-state index in [4.69, 9.17) is 11.6 Å². The molecule has 0 saturated carbocycles. The largest absolute Gasteiger partial charge is 0.322 e. The minimum absolute atomic E-state index is 0.00585. The summed E-state index contributed by atoms with van der Waals surface area (Å²) in [6.45, 7) is 3.37. The zero-order valence-corrected chi connectivity index (χ0v) is 10.7. The molecule has 0 spiro atoms. The zero-order valence-electron chi connectivity index (χ0n) is 9.95. The summed E-state index contributed by atoms with van der Waals surface area (Å²) in [5, 5.41) is 3.95. The van der Waals surface area contributed by atoms with E-state index in [1.807, 2.05) is 29.2 Å². The van der Waals surface area contributed by atoms with Crippen LogP contribution in [0.1, 0.15) is 31.5 Å². The fourth-order valence-corrected chi connectivity index (χ4v) is 2.19. The summed E-state index contributed by atoms with van der Waals surface area (Å²) in [4.78, 5) is 13.7. The Balaban J connectivity index is 2.13. The summed E-state index contributed by atoms with van der Waals surface area (Å²) in [6.07, 6.45) is 2.14. The van der Waals surface area contributed by atoms with E-state index in [0.717, 1.165) is 30.0 Å². The maximum atomic E-state index is 11.8. The second-order valence-electron chi connectivity index (χ2n) is 4.28. The summed E-state index contributed by atoms with van der Waals surface area (Å²) in [7, 11) is 0. The van der Waals surface area contributed by atoms with Crippen LogP contribution in [0.25, 0.3) is 0 Å². The van der Waals surface area contributed by atoms with Crippen LogP contribution in [-0.2, 0) is 4.79 Å². The minimum Gasteiger partial charge on any atom is -0.322 e. The number of carbonyl (C=O) groups is 1. The number of nitrogens with one attached hydrogen (secondary N) is 1. The number of rotatable bonds is 4. The quantitative estimate of drug-likeness (QED) is 0.893. The van der Waals surface area contributed by atoms with Crippen LogP contribution in [0.2, 0.25) is 5.02 Å². The topological polar surface area (TPSA) is 32.3 Å². The van der Waals surface area contributed by atoms with Crippen LogP contribution in [0.3, 0.4) is 0 Å². The highest BCUT2D eigenvalue weighted by molar-refractivity contribution is 6.30. The molecular formula is C13H17ClN2O. The molecule has 1 N–H and O–H groups in total. The molecule has 1 fully saturated rings. The van der Waals surface area contributed by atoms with Crippen molar-refractivity contribution >= 4 is 17.5 Å². The van der Waals surface area contributed by atoms with E-state index in [1.165, 1.54) is 0 Å². The molecule has 4 heteroatoms.